The monoisotopic (exact) mass is 310 g/mol. The Balaban J connectivity index is 3.09. The van der Waals surface area contributed by atoms with Crippen LogP contribution in [0.4, 0.5) is 16.2 Å². The van der Waals surface area contributed by atoms with Crippen LogP contribution >= 0.6 is 0 Å². The quantitative estimate of drug-likeness (QED) is 0.520. The SMILES string of the molecule is COC(=O)Cc1cccc(NC(=O)OC(C)(C)C)c1[N+](=O)[O-]. The first-order valence-corrected chi connectivity index (χ1v) is 6.47. The number of rotatable bonds is 4. The summed E-state index contributed by atoms with van der Waals surface area (Å²) in [6.07, 6.45) is -1.08. The number of nitrogens with one attached hydrogen (secondary N) is 1. The number of carbonyl (C=O) groups is 2. The highest BCUT2D eigenvalue weighted by molar-refractivity contribution is 5.89. The minimum atomic E-state index is -0.814. The lowest BCUT2D eigenvalue weighted by Crippen LogP contribution is -2.27. The number of para-hydroxylation sites is 1. The Hall–Kier alpha value is -2.64. The van der Waals surface area contributed by atoms with Crippen LogP contribution in [-0.4, -0.2) is 29.7 Å². The highest BCUT2D eigenvalue weighted by atomic mass is 16.6. The molecule has 1 rings (SSSR count). The molecule has 0 aliphatic carbocycles. The first-order chi connectivity index (χ1) is 10.1. The van der Waals surface area contributed by atoms with Crippen LogP contribution < -0.4 is 5.32 Å². The second-order valence-corrected chi connectivity index (χ2v) is 5.45. The van der Waals surface area contributed by atoms with Crippen molar-refractivity contribution in [3.8, 4) is 0 Å². The van der Waals surface area contributed by atoms with E-state index >= 15 is 0 Å². The molecule has 0 unspecified atom stereocenters. The largest absolute Gasteiger partial charge is 0.469 e. The van der Waals surface area contributed by atoms with Crippen molar-refractivity contribution < 1.29 is 24.0 Å². The third kappa shape index (κ3) is 5.04. The van der Waals surface area contributed by atoms with Crippen molar-refractivity contribution in [3.05, 3.63) is 33.9 Å². The molecule has 0 saturated carbocycles. The number of ether oxygens (including phenoxy) is 2. The van der Waals surface area contributed by atoms with E-state index in [0.29, 0.717) is 0 Å². The summed E-state index contributed by atoms with van der Waals surface area (Å²) in [6.45, 7) is 5.03. The van der Waals surface area contributed by atoms with E-state index in [0.717, 1.165) is 0 Å². The van der Waals surface area contributed by atoms with Gasteiger partial charge in [0.05, 0.1) is 18.5 Å². The average molecular weight is 310 g/mol. The number of hydrogen-bond donors (Lipinski definition) is 1. The molecule has 8 nitrogen and oxygen atoms in total. The third-order valence-electron chi connectivity index (χ3n) is 2.50. The zero-order chi connectivity index (χ0) is 16.9. The van der Waals surface area contributed by atoms with E-state index < -0.39 is 22.6 Å². The van der Waals surface area contributed by atoms with Gasteiger partial charge in [-0.15, -0.1) is 0 Å². The molecule has 0 heterocycles. The fourth-order valence-electron chi connectivity index (χ4n) is 1.69. The predicted octanol–water partition coefficient (Wildman–Crippen LogP) is 2.66. The maximum absolute atomic E-state index is 11.7. The van der Waals surface area contributed by atoms with Crippen molar-refractivity contribution in [2.24, 2.45) is 0 Å². The lowest BCUT2D eigenvalue weighted by Gasteiger charge is -2.19. The van der Waals surface area contributed by atoms with Gasteiger partial charge in [-0.3, -0.25) is 20.2 Å². The number of nitrogens with zero attached hydrogens (tertiary/aromatic N) is 1. The van der Waals surface area contributed by atoms with Crippen LogP contribution in [0, 0.1) is 10.1 Å². The third-order valence-corrected chi connectivity index (χ3v) is 2.50. The summed E-state index contributed by atoms with van der Waals surface area (Å²) < 4.78 is 9.56. The van der Waals surface area contributed by atoms with E-state index in [2.05, 4.69) is 10.1 Å². The van der Waals surface area contributed by atoms with E-state index in [1.54, 1.807) is 20.8 Å². The maximum atomic E-state index is 11.7. The van der Waals surface area contributed by atoms with Crippen LogP contribution in [0.1, 0.15) is 26.3 Å². The highest BCUT2D eigenvalue weighted by Crippen LogP contribution is 2.29. The summed E-state index contributed by atoms with van der Waals surface area (Å²) in [4.78, 5) is 33.6. The van der Waals surface area contributed by atoms with E-state index in [4.69, 9.17) is 4.74 Å². The fraction of sp³-hybridized carbons (Fsp3) is 0.429. The highest BCUT2D eigenvalue weighted by Gasteiger charge is 2.24. The molecule has 1 N–H and O–H groups in total. The van der Waals surface area contributed by atoms with E-state index in [-0.39, 0.29) is 23.4 Å². The Labute approximate surface area is 127 Å². The van der Waals surface area contributed by atoms with Gasteiger partial charge in [-0.05, 0) is 26.8 Å². The standard InChI is InChI=1S/C14H18N2O6/c1-14(2,3)22-13(18)15-10-7-5-6-9(8-11(17)21-4)12(10)16(19)20/h5-7H,8H2,1-4H3,(H,15,18). The zero-order valence-corrected chi connectivity index (χ0v) is 12.8. The normalized spacial score (nSPS) is 10.7. The molecule has 1 amide bonds. The summed E-state index contributed by atoms with van der Waals surface area (Å²) in [6, 6.07) is 4.29. The molecular formula is C14H18N2O6. The molecule has 0 fully saturated rings. The molecule has 0 aliphatic rings. The predicted molar refractivity (Wildman–Crippen MR) is 78.7 cm³/mol. The number of hydrogen-bond acceptors (Lipinski definition) is 6. The van der Waals surface area contributed by atoms with Gasteiger partial charge in [0.15, 0.2) is 0 Å². The average Bonchev–Trinajstić information content (AvgIpc) is 2.35. The number of nitro benzene ring substituents is 1. The number of anilines is 1. The molecule has 1 aromatic rings. The second kappa shape index (κ2) is 6.88. The van der Waals surface area contributed by atoms with Crippen molar-refractivity contribution in [2.45, 2.75) is 32.8 Å². The number of esters is 1. The molecule has 0 bridgehead atoms. The number of amides is 1. The van der Waals surface area contributed by atoms with Crippen LogP contribution in [0.2, 0.25) is 0 Å². The Morgan fingerprint density at radius 2 is 1.95 bits per heavy atom. The van der Waals surface area contributed by atoms with Gasteiger partial charge in [0.2, 0.25) is 0 Å². The van der Waals surface area contributed by atoms with E-state index in [1.165, 1.54) is 25.3 Å². The lowest BCUT2D eigenvalue weighted by molar-refractivity contribution is -0.384. The van der Waals surface area contributed by atoms with Crippen molar-refractivity contribution in [3.63, 3.8) is 0 Å². The number of methoxy groups -OCH3 is 1. The Bertz CT molecular complexity index is 591. The minimum absolute atomic E-state index is 0.0411. The summed E-state index contributed by atoms with van der Waals surface area (Å²) in [7, 11) is 1.19. The Morgan fingerprint density at radius 3 is 2.45 bits per heavy atom. The summed E-state index contributed by atoms with van der Waals surface area (Å²) in [5, 5.41) is 13.6. The van der Waals surface area contributed by atoms with Crippen molar-refractivity contribution in [1.29, 1.82) is 0 Å². The number of nitro groups is 1. The molecule has 22 heavy (non-hydrogen) atoms. The molecule has 0 aliphatic heterocycles. The van der Waals surface area contributed by atoms with Crippen molar-refractivity contribution in [1.82, 2.24) is 0 Å². The van der Waals surface area contributed by atoms with Crippen LogP contribution in [0.5, 0.6) is 0 Å². The number of carbonyl (C=O) groups excluding carboxylic acids is 2. The fourth-order valence-corrected chi connectivity index (χ4v) is 1.69. The first-order valence-electron chi connectivity index (χ1n) is 6.47. The minimum Gasteiger partial charge on any atom is -0.469 e. The van der Waals surface area contributed by atoms with Crippen LogP contribution in [0.25, 0.3) is 0 Å². The van der Waals surface area contributed by atoms with E-state index in [9.17, 15) is 19.7 Å². The maximum Gasteiger partial charge on any atom is 0.412 e. The van der Waals surface area contributed by atoms with E-state index in [1.807, 2.05) is 0 Å². The Kier molecular flexibility index (Phi) is 5.44. The topological polar surface area (TPSA) is 108 Å². The molecular weight excluding hydrogens is 292 g/mol. The lowest BCUT2D eigenvalue weighted by atomic mass is 10.1. The zero-order valence-electron chi connectivity index (χ0n) is 12.8. The Morgan fingerprint density at radius 1 is 1.32 bits per heavy atom. The molecule has 0 radical (unpaired) electrons. The van der Waals surface area contributed by atoms with Crippen molar-refractivity contribution >= 4 is 23.4 Å². The van der Waals surface area contributed by atoms with Gasteiger partial charge in [-0.1, -0.05) is 12.1 Å². The van der Waals surface area contributed by atoms with Crippen LogP contribution in [0.15, 0.2) is 18.2 Å². The summed E-state index contributed by atoms with van der Waals surface area (Å²) in [5.41, 5.74) is -0.993. The van der Waals surface area contributed by atoms with Crippen molar-refractivity contribution in [2.75, 3.05) is 12.4 Å². The number of benzene rings is 1. The van der Waals surface area contributed by atoms with Gasteiger partial charge in [0, 0.05) is 5.56 Å². The summed E-state index contributed by atoms with van der Waals surface area (Å²) >= 11 is 0. The van der Waals surface area contributed by atoms with Gasteiger partial charge in [-0.2, -0.15) is 0 Å². The van der Waals surface area contributed by atoms with Gasteiger partial charge < -0.3 is 9.47 Å². The van der Waals surface area contributed by atoms with Gasteiger partial charge in [-0.25, -0.2) is 4.79 Å². The van der Waals surface area contributed by atoms with Crippen LogP contribution in [0.3, 0.4) is 0 Å². The van der Waals surface area contributed by atoms with Crippen LogP contribution in [-0.2, 0) is 20.7 Å². The smallest absolute Gasteiger partial charge is 0.412 e. The molecule has 120 valence electrons. The molecule has 1 aromatic carbocycles. The molecule has 0 saturated heterocycles. The molecule has 0 atom stereocenters. The molecule has 0 spiro atoms. The molecule has 0 aromatic heterocycles. The van der Waals surface area contributed by atoms with Gasteiger partial charge >= 0.3 is 12.1 Å². The second-order valence-electron chi connectivity index (χ2n) is 5.45. The molecule has 8 heteroatoms. The van der Waals surface area contributed by atoms with Gasteiger partial charge in [0.1, 0.15) is 11.3 Å². The summed E-state index contributed by atoms with van der Waals surface area (Å²) in [5.74, 6) is -0.613. The van der Waals surface area contributed by atoms with Gasteiger partial charge in [0.25, 0.3) is 5.69 Å². The first kappa shape index (κ1) is 17.4.